The maximum absolute atomic E-state index is 0. The Labute approximate surface area is 283 Å². The standard InChI is InChI=1S/Ba.5Sr.12H/q6*+2;12*-1. The molecule has 0 amide bonds. The maximum Gasteiger partial charge on any atom is 2.00 e. The molecular weight excluding hydrogens is 575 g/mol. The van der Waals surface area contributed by atoms with E-state index < -0.39 is 0 Å². The summed E-state index contributed by atoms with van der Waals surface area (Å²) >= 11 is 0. The van der Waals surface area contributed by atoms with Crippen LogP contribution >= 0.6 is 0 Å². The van der Waals surface area contributed by atoms with E-state index in [1.807, 2.05) is 0 Å². The number of hydrogen-bond acceptors (Lipinski definition) is 0. The summed E-state index contributed by atoms with van der Waals surface area (Å²) in [7, 11) is 0. The summed E-state index contributed by atoms with van der Waals surface area (Å²) in [4.78, 5) is 0. The second-order valence-corrected chi connectivity index (χ2v) is 0. The SMILES string of the molecule is [Ba+2].[H-].[H-].[H-].[H-].[H-].[H-].[H-].[H-].[H-].[H-].[H-].[H-].[Sr+2].[Sr+2].[Sr+2].[Sr+2].[Sr+2]. The second kappa shape index (κ2) is 29.2. The zero-order chi connectivity index (χ0) is 0. The molecule has 0 atom stereocenters. The molecular formula is H12BaSr5. The van der Waals surface area contributed by atoms with Crippen molar-refractivity contribution < 1.29 is 17.1 Å². The summed E-state index contributed by atoms with van der Waals surface area (Å²) in [6, 6.07) is 0. The number of hydrogen-bond donors (Lipinski definition) is 0. The average Bonchev–Trinajstić information content (AvgIpc) is 0. The van der Waals surface area contributed by atoms with E-state index in [9.17, 15) is 0 Å². The predicted molar refractivity (Wildman–Crippen MR) is 47.9 cm³/mol. The molecule has 6 heavy (non-hydrogen) atoms. The molecule has 0 fully saturated rings. The van der Waals surface area contributed by atoms with Crippen LogP contribution in [0.25, 0.3) is 0 Å². The van der Waals surface area contributed by atoms with Crippen LogP contribution in [0.4, 0.5) is 0 Å². The molecule has 0 N–H and O–H groups in total. The van der Waals surface area contributed by atoms with Gasteiger partial charge in [-0.05, 0) is 0 Å². The molecule has 0 rings (SSSR count). The van der Waals surface area contributed by atoms with Crippen LogP contribution in [-0.2, 0) is 0 Å². The van der Waals surface area contributed by atoms with Gasteiger partial charge in [0.1, 0.15) is 0 Å². The van der Waals surface area contributed by atoms with Crippen molar-refractivity contribution >= 4 is 276 Å². The molecule has 0 spiro atoms. The van der Waals surface area contributed by atoms with Gasteiger partial charge in [0, 0.05) is 0 Å². The Morgan fingerprint density at radius 3 is 0.500 bits per heavy atom. The van der Waals surface area contributed by atoms with Crippen molar-refractivity contribution in [2.24, 2.45) is 0 Å². The van der Waals surface area contributed by atoms with Gasteiger partial charge in [-0.3, -0.25) is 0 Å². The Bertz CT molecular complexity index is 20.4. The van der Waals surface area contributed by atoms with Gasteiger partial charge in [-0.1, -0.05) is 0 Å². The van der Waals surface area contributed by atoms with Crippen LogP contribution in [0.5, 0.6) is 0 Å². The maximum atomic E-state index is 0. The normalized spacial score (nSPS) is 0. The first-order valence-corrected chi connectivity index (χ1v) is 0. The fraction of sp³-hybridized carbons (Fsp3) is 0. The van der Waals surface area contributed by atoms with Crippen molar-refractivity contribution in [3.05, 3.63) is 0 Å². The summed E-state index contributed by atoms with van der Waals surface area (Å²) in [5.74, 6) is 0. The van der Waals surface area contributed by atoms with E-state index in [1.165, 1.54) is 0 Å². The third-order valence-electron chi connectivity index (χ3n) is 0. The molecule has 24 valence electrons. The van der Waals surface area contributed by atoms with Gasteiger partial charge in [-0.15, -0.1) is 0 Å². The summed E-state index contributed by atoms with van der Waals surface area (Å²) in [5, 5.41) is 0. The summed E-state index contributed by atoms with van der Waals surface area (Å²) in [6.07, 6.45) is 0. The van der Waals surface area contributed by atoms with E-state index in [0.29, 0.717) is 0 Å². The van der Waals surface area contributed by atoms with E-state index in [1.54, 1.807) is 0 Å². The molecule has 0 aliphatic rings. The van der Waals surface area contributed by atoms with Crippen LogP contribution in [-0.4, -0.2) is 276 Å². The summed E-state index contributed by atoms with van der Waals surface area (Å²) < 4.78 is 0. The van der Waals surface area contributed by atoms with Crippen molar-refractivity contribution in [2.45, 2.75) is 0 Å². The van der Waals surface area contributed by atoms with Gasteiger partial charge in [0.2, 0.25) is 0 Å². The molecule has 0 nitrogen and oxygen atoms in total. The minimum absolute atomic E-state index is 0. The second-order valence-electron chi connectivity index (χ2n) is 0. The zero-order valence-corrected chi connectivity index (χ0v) is 26.1. The van der Waals surface area contributed by atoms with Gasteiger partial charge in [0.25, 0.3) is 0 Å². The van der Waals surface area contributed by atoms with E-state index >= 15 is 0 Å². The van der Waals surface area contributed by atoms with Crippen LogP contribution in [0.1, 0.15) is 17.1 Å². The molecule has 0 aromatic rings. The minimum atomic E-state index is 0. The van der Waals surface area contributed by atoms with Gasteiger partial charge < -0.3 is 17.1 Å². The van der Waals surface area contributed by atoms with Crippen LogP contribution < -0.4 is 0 Å². The van der Waals surface area contributed by atoms with Crippen LogP contribution in [0.3, 0.4) is 0 Å². The van der Waals surface area contributed by atoms with Gasteiger partial charge in [0.05, 0.1) is 0 Å². The summed E-state index contributed by atoms with van der Waals surface area (Å²) in [5.41, 5.74) is 0. The van der Waals surface area contributed by atoms with Crippen molar-refractivity contribution in [1.82, 2.24) is 0 Å². The molecule has 0 bridgehead atoms. The molecule has 0 aliphatic heterocycles. The quantitative estimate of drug-likeness (QED) is 0.322. The van der Waals surface area contributed by atoms with E-state index in [0.717, 1.165) is 0 Å². The van der Waals surface area contributed by atoms with E-state index in [2.05, 4.69) is 0 Å². The molecule has 0 saturated heterocycles. The van der Waals surface area contributed by atoms with E-state index in [-0.39, 0.29) is 293 Å². The van der Waals surface area contributed by atoms with E-state index in [4.69, 9.17) is 0 Å². The van der Waals surface area contributed by atoms with Crippen molar-refractivity contribution in [3.63, 3.8) is 0 Å². The third-order valence-corrected chi connectivity index (χ3v) is 0. The first-order chi connectivity index (χ1) is 0. The van der Waals surface area contributed by atoms with Gasteiger partial charge in [0.15, 0.2) is 0 Å². The Morgan fingerprint density at radius 2 is 0.500 bits per heavy atom. The zero-order valence-electron chi connectivity index (χ0n) is 16.2. The molecule has 0 radical (unpaired) electrons. The number of rotatable bonds is 0. The van der Waals surface area contributed by atoms with Crippen LogP contribution in [0.15, 0.2) is 0 Å². The van der Waals surface area contributed by atoms with Crippen LogP contribution in [0.2, 0.25) is 0 Å². The van der Waals surface area contributed by atoms with Crippen molar-refractivity contribution in [2.75, 3.05) is 0 Å². The van der Waals surface area contributed by atoms with Gasteiger partial charge in [-0.25, -0.2) is 0 Å². The summed E-state index contributed by atoms with van der Waals surface area (Å²) in [6.45, 7) is 0. The van der Waals surface area contributed by atoms with Crippen molar-refractivity contribution in [3.8, 4) is 0 Å². The molecule has 0 aromatic carbocycles. The minimum Gasteiger partial charge on any atom is -1.00 e. The monoisotopic (exact) mass is 590 g/mol. The molecule has 0 unspecified atom stereocenters. The molecule has 0 saturated carbocycles. The molecule has 0 aromatic heterocycles. The predicted octanol–water partition coefficient (Wildman–Crippen LogP) is -0.935. The van der Waals surface area contributed by atoms with Crippen molar-refractivity contribution in [1.29, 1.82) is 0 Å². The first kappa shape index (κ1) is 36.3. The molecule has 0 heterocycles. The first-order valence-electron chi connectivity index (χ1n) is 0. The topological polar surface area (TPSA) is 0 Å². The molecule has 0 aliphatic carbocycles. The largest absolute Gasteiger partial charge is 2.00 e. The third kappa shape index (κ3) is 23.1. The van der Waals surface area contributed by atoms with Gasteiger partial charge >= 0.3 is 276 Å². The average molecular weight is 588 g/mol. The molecule has 6 heteroatoms. The Balaban J connectivity index is 0. The fourth-order valence-electron chi connectivity index (χ4n) is 0. The fourth-order valence-corrected chi connectivity index (χ4v) is 0. The smallest absolute Gasteiger partial charge is 1.00 e. The Kier molecular flexibility index (Phi) is 177. The Morgan fingerprint density at radius 1 is 0.500 bits per heavy atom. The van der Waals surface area contributed by atoms with Crippen LogP contribution in [0, 0.1) is 0 Å². The Hall–Kier alpha value is 8.97. The van der Waals surface area contributed by atoms with Gasteiger partial charge in [-0.2, -0.15) is 0 Å².